The number of nitrogens with zero attached hydrogens (tertiary/aromatic N) is 6. The number of phenols is 1. The van der Waals surface area contributed by atoms with Crippen molar-refractivity contribution in [3.05, 3.63) is 145 Å². The highest BCUT2D eigenvalue weighted by Crippen LogP contribution is 2.44. The summed E-state index contributed by atoms with van der Waals surface area (Å²) in [5.41, 5.74) is -0.374. The zero-order valence-corrected chi connectivity index (χ0v) is 36.5. The number of carboxylic acid groups (broad SMARTS) is 2. The first kappa shape index (κ1) is 46.2. The molecule has 342 valence electrons. The number of carbonyl (C=O) groups is 2. The van der Waals surface area contributed by atoms with Crippen LogP contribution in [-0.4, -0.2) is 66.2 Å². The van der Waals surface area contributed by atoms with Crippen molar-refractivity contribution in [1.82, 2.24) is 0 Å². The third-order valence-electron chi connectivity index (χ3n) is 10.1. The van der Waals surface area contributed by atoms with Crippen molar-refractivity contribution < 1.29 is 63.8 Å². The lowest BCUT2D eigenvalue weighted by Gasteiger charge is -2.12. The predicted octanol–water partition coefficient (Wildman–Crippen LogP) is 11.0. The fourth-order valence-electron chi connectivity index (χ4n) is 6.91. The lowest BCUT2D eigenvalue weighted by atomic mass is 10.1. The van der Waals surface area contributed by atoms with Crippen LogP contribution < -0.4 is 5.32 Å². The van der Waals surface area contributed by atoms with Crippen LogP contribution in [0.25, 0.3) is 32.3 Å². The minimum atomic E-state index is -5.06. The fraction of sp³-hybridized carbons (Fsp3) is 0. The van der Waals surface area contributed by atoms with Crippen LogP contribution in [0.4, 0.5) is 45.5 Å². The molecule has 7 N–H and O–H groups in total. The van der Waals surface area contributed by atoms with Gasteiger partial charge in [-0.15, -0.1) is 25.6 Å². The Labute approximate surface area is 383 Å². The first-order chi connectivity index (χ1) is 32.1. The van der Waals surface area contributed by atoms with Crippen LogP contribution in [0.15, 0.2) is 179 Å². The Morgan fingerprint density at radius 2 is 0.912 bits per heavy atom. The molecule has 0 saturated heterocycles. The molecule has 0 saturated carbocycles. The van der Waals surface area contributed by atoms with Gasteiger partial charge in [0, 0.05) is 38.3 Å². The molecule has 0 radical (unpaired) electrons. The lowest BCUT2D eigenvalue weighted by Crippen LogP contribution is -2.01. The molecule has 0 aromatic heterocycles. The Hall–Kier alpha value is -8.39. The molecule has 8 rings (SSSR count). The molecule has 0 aliphatic heterocycles. The van der Waals surface area contributed by atoms with Crippen molar-refractivity contribution in [2.24, 2.45) is 30.7 Å². The SMILES string of the molecule is O=C(O)c1cc(N=Nc2ccc(N=Nc3ccc(N=Nc4c(S(=O)(=O)O)cc5cc(Nc6ccccc6)ccc5c4O)c4cc(S(=O)(=O)O)ccc34)c3cc(S(=O)(=O)O)ccc23)cc(C(=O)O)c1. The number of aromatic carboxylic acids is 2. The summed E-state index contributed by atoms with van der Waals surface area (Å²) >= 11 is 0. The summed E-state index contributed by atoms with van der Waals surface area (Å²) in [4.78, 5) is 21.3. The Bertz CT molecular complexity index is 3860. The second kappa shape index (κ2) is 17.8. The number of phenolic OH excluding ortho intramolecular Hbond substituents is 1. The average Bonchev–Trinajstić information content (AvgIpc) is 3.29. The summed E-state index contributed by atoms with van der Waals surface area (Å²) in [5, 5.41) is 58.9. The van der Waals surface area contributed by atoms with Gasteiger partial charge in [-0.05, 0) is 109 Å². The van der Waals surface area contributed by atoms with Crippen LogP contribution in [0, 0.1) is 0 Å². The van der Waals surface area contributed by atoms with Crippen molar-refractivity contribution in [1.29, 1.82) is 0 Å². The first-order valence-electron chi connectivity index (χ1n) is 19.2. The third-order valence-corrected chi connectivity index (χ3v) is 12.6. The molecule has 0 aliphatic rings. The zero-order chi connectivity index (χ0) is 48.7. The van der Waals surface area contributed by atoms with E-state index in [0.29, 0.717) is 5.69 Å². The Morgan fingerprint density at radius 1 is 0.441 bits per heavy atom. The van der Waals surface area contributed by atoms with Crippen LogP contribution in [0.2, 0.25) is 0 Å². The van der Waals surface area contributed by atoms with E-state index < -0.39 is 68.4 Å². The van der Waals surface area contributed by atoms with E-state index in [0.717, 1.165) is 54.2 Å². The maximum Gasteiger partial charge on any atom is 0.335 e. The Balaban J connectivity index is 1.21. The predicted molar refractivity (Wildman–Crippen MR) is 246 cm³/mol. The summed E-state index contributed by atoms with van der Waals surface area (Å²) in [6, 6.07) is 29.9. The van der Waals surface area contributed by atoms with Crippen LogP contribution in [0.3, 0.4) is 0 Å². The highest BCUT2D eigenvalue weighted by Gasteiger charge is 2.23. The molecule has 0 spiro atoms. The van der Waals surface area contributed by atoms with Gasteiger partial charge in [-0.3, -0.25) is 13.7 Å². The van der Waals surface area contributed by atoms with Crippen LogP contribution in [0.5, 0.6) is 5.75 Å². The molecule has 0 fully saturated rings. The van der Waals surface area contributed by atoms with Gasteiger partial charge in [-0.2, -0.15) is 30.4 Å². The molecule has 68 heavy (non-hydrogen) atoms. The molecule has 8 aromatic rings. The van der Waals surface area contributed by atoms with Gasteiger partial charge in [0.25, 0.3) is 30.4 Å². The molecule has 0 amide bonds. The Kier molecular flexibility index (Phi) is 12.1. The van der Waals surface area contributed by atoms with Gasteiger partial charge in [0.2, 0.25) is 0 Å². The minimum Gasteiger partial charge on any atom is -0.505 e. The normalized spacial score (nSPS) is 12.5. The number of rotatable bonds is 13. The van der Waals surface area contributed by atoms with Crippen molar-refractivity contribution in [3.8, 4) is 5.75 Å². The highest BCUT2D eigenvalue weighted by atomic mass is 32.2. The molecule has 0 aliphatic carbocycles. The molecule has 8 aromatic carbocycles. The van der Waals surface area contributed by atoms with Crippen LogP contribution in [-0.2, 0) is 30.4 Å². The monoisotopic (exact) mass is 975 g/mol. The molecule has 24 heteroatoms. The summed E-state index contributed by atoms with van der Waals surface area (Å²) in [5.74, 6) is -3.51. The number of hydrogen-bond acceptors (Lipinski definition) is 16. The Morgan fingerprint density at radius 3 is 1.40 bits per heavy atom. The van der Waals surface area contributed by atoms with Crippen molar-refractivity contribution in [2.45, 2.75) is 14.7 Å². The minimum absolute atomic E-state index is 0.00977. The van der Waals surface area contributed by atoms with Gasteiger partial charge in [-0.1, -0.05) is 30.3 Å². The fourth-order valence-corrected chi connectivity index (χ4v) is 8.58. The molecule has 0 unspecified atom stereocenters. The van der Waals surface area contributed by atoms with E-state index in [1.54, 1.807) is 30.3 Å². The van der Waals surface area contributed by atoms with E-state index >= 15 is 0 Å². The largest absolute Gasteiger partial charge is 0.505 e. The summed E-state index contributed by atoms with van der Waals surface area (Å²) in [7, 11) is -14.7. The average molecular weight is 976 g/mol. The highest BCUT2D eigenvalue weighted by molar-refractivity contribution is 7.86. The number of para-hydroxylation sites is 1. The molecule has 21 nitrogen and oxygen atoms in total. The molecule has 0 heterocycles. The van der Waals surface area contributed by atoms with Crippen LogP contribution in [0.1, 0.15) is 20.7 Å². The second-order valence-corrected chi connectivity index (χ2v) is 18.8. The third kappa shape index (κ3) is 9.75. The van der Waals surface area contributed by atoms with Gasteiger partial charge >= 0.3 is 11.9 Å². The van der Waals surface area contributed by atoms with E-state index in [1.165, 1.54) is 48.5 Å². The summed E-state index contributed by atoms with van der Waals surface area (Å²) in [6.07, 6.45) is 0. The van der Waals surface area contributed by atoms with E-state index in [2.05, 4.69) is 36.0 Å². The van der Waals surface area contributed by atoms with Gasteiger partial charge in [-0.25, -0.2) is 9.59 Å². The first-order valence-corrected chi connectivity index (χ1v) is 23.5. The molecular formula is C44H29N7O14S3. The molecular weight excluding hydrogens is 947 g/mol. The van der Waals surface area contributed by atoms with E-state index in [9.17, 15) is 63.8 Å². The number of azo groups is 3. The van der Waals surface area contributed by atoms with E-state index in [4.69, 9.17) is 0 Å². The number of fused-ring (bicyclic) bond motifs is 3. The number of nitrogens with one attached hydrogen (secondary N) is 1. The molecule has 0 bridgehead atoms. The van der Waals surface area contributed by atoms with Crippen molar-refractivity contribution in [2.75, 3.05) is 5.32 Å². The smallest absolute Gasteiger partial charge is 0.335 e. The maximum atomic E-state index is 12.7. The zero-order valence-electron chi connectivity index (χ0n) is 34.1. The standard InChI is InChI=1S/C44H29N7O14S3/c52-42-31-9-6-27(45-26-4-2-1-3-5-26)17-23(31)20-40(68(63,64)65)41(42)51-50-39-15-13-37(33-11-8-30(22-35(33)39)67(60,61)62)48-49-38-14-12-36(32-10-7-29(21-34(32)38)66(57,58)59)47-46-28-18-24(43(53)54)16-25(19-28)44(55)56/h1-22,45,52H,(H,53,54)(H,55,56)(H,57,58,59)(H,60,61,62)(H,63,64,65). The quantitative estimate of drug-likeness (QED) is 0.0417. The van der Waals surface area contributed by atoms with E-state index in [-0.39, 0.29) is 71.9 Å². The molecule has 0 atom stereocenters. The van der Waals surface area contributed by atoms with Crippen molar-refractivity contribution in [3.63, 3.8) is 0 Å². The van der Waals surface area contributed by atoms with Gasteiger partial charge < -0.3 is 20.6 Å². The van der Waals surface area contributed by atoms with E-state index in [1.807, 2.05) is 6.07 Å². The number of hydrogen-bond donors (Lipinski definition) is 7. The number of aromatic hydroxyl groups is 1. The van der Waals surface area contributed by atoms with Gasteiger partial charge in [0.15, 0.2) is 5.75 Å². The van der Waals surface area contributed by atoms with Crippen molar-refractivity contribution >= 4 is 120 Å². The van der Waals surface area contributed by atoms with Gasteiger partial charge in [0.05, 0.1) is 49.4 Å². The van der Waals surface area contributed by atoms with Gasteiger partial charge in [0.1, 0.15) is 10.6 Å². The maximum absolute atomic E-state index is 12.7. The second-order valence-electron chi connectivity index (χ2n) is 14.5. The van der Waals surface area contributed by atoms with Crippen LogP contribution >= 0.6 is 0 Å². The topological polar surface area (TPSA) is 344 Å². The number of benzene rings is 8. The summed E-state index contributed by atoms with van der Waals surface area (Å²) < 4.78 is 104. The summed E-state index contributed by atoms with van der Waals surface area (Å²) in [6.45, 7) is 0. The lowest BCUT2D eigenvalue weighted by molar-refractivity contribution is 0.0696. The number of anilines is 2. The number of carboxylic acids is 2.